The first kappa shape index (κ1) is 20.6. The Morgan fingerprint density at radius 1 is 1.33 bits per heavy atom. The minimum Gasteiger partial charge on any atom is -0.464 e. The summed E-state index contributed by atoms with van der Waals surface area (Å²) in [6.45, 7) is 4.59. The van der Waals surface area contributed by atoms with Crippen molar-refractivity contribution < 1.29 is 26.9 Å². The van der Waals surface area contributed by atoms with Gasteiger partial charge in [0.2, 0.25) is 6.17 Å². The summed E-state index contributed by atoms with van der Waals surface area (Å²) in [5, 5.41) is 0. The average Bonchev–Trinajstić information content (AvgIpc) is 2.51. The van der Waals surface area contributed by atoms with Gasteiger partial charge in [0.05, 0.1) is 22.3 Å². The minimum absolute atomic E-state index is 0.124. The van der Waals surface area contributed by atoms with E-state index in [2.05, 4.69) is 9.46 Å². The van der Waals surface area contributed by atoms with Gasteiger partial charge in [-0.1, -0.05) is 18.2 Å². The van der Waals surface area contributed by atoms with Gasteiger partial charge in [-0.2, -0.15) is 0 Å². The van der Waals surface area contributed by atoms with E-state index in [9.17, 15) is 22.2 Å². The molecule has 0 bridgehead atoms. The molecule has 0 radical (unpaired) electrons. The van der Waals surface area contributed by atoms with Crippen LogP contribution < -0.4 is 4.72 Å². The van der Waals surface area contributed by atoms with Gasteiger partial charge in [-0.05, 0) is 33.8 Å². The highest BCUT2D eigenvalue weighted by Crippen LogP contribution is 2.33. The maximum atomic E-state index is 14.8. The molecule has 0 saturated heterocycles. The molecule has 1 aromatic rings. The Balaban J connectivity index is 3.46. The van der Waals surface area contributed by atoms with Crippen LogP contribution in [-0.4, -0.2) is 34.4 Å². The first-order valence-electron chi connectivity index (χ1n) is 7.41. The summed E-state index contributed by atoms with van der Waals surface area (Å²) in [4.78, 5) is 11.8. The van der Waals surface area contributed by atoms with E-state index in [1.54, 1.807) is 20.8 Å². The molecule has 1 rings (SSSR count). The Labute approximate surface area is 142 Å². The Morgan fingerprint density at radius 2 is 1.92 bits per heavy atom. The van der Waals surface area contributed by atoms with Crippen molar-refractivity contribution in [3.05, 3.63) is 35.6 Å². The lowest BCUT2D eigenvalue weighted by molar-refractivity contribution is -0.153. The minimum atomic E-state index is -2.58. The molecule has 8 heteroatoms. The number of carbonyl (C=O) groups is 1. The zero-order valence-electron chi connectivity index (χ0n) is 14.1. The number of alkyl halides is 2. The molecule has 3 atom stereocenters. The Kier molecular flexibility index (Phi) is 6.97. The van der Waals surface area contributed by atoms with Gasteiger partial charge in [-0.3, -0.25) is 0 Å². The fourth-order valence-electron chi connectivity index (χ4n) is 1.97. The molecule has 0 fully saturated rings. The Bertz CT molecular complexity index is 606. The molecule has 0 amide bonds. The fourth-order valence-corrected chi connectivity index (χ4v) is 2.87. The van der Waals surface area contributed by atoms with E-state index in [-0.39, 0.29) is 6.61 Å². The second-order valence-electron chi connectivity index (χ2n) is 6.18. The molecule has 1 N–H and O–H groups in total. The van der Waals surface area contributed by atoms with Crippen LogP contribution in [0.4, 0.5) is 13.2 Å². The van der Waals surface area contributed by atoms with Crippen LogP contribution in [0.5, 0.6) is 0 Å². The van der Waals surface area contributed by atoms with Crippen LogP contribution in [0.25, 0.3) is 0 Å². The maximum absolute atomic E-state index is 14.8. The molecule has 0 aromatic heterocycles. The van der Waals surface area contributed by atoms with E-state index in [1.807, 2.05) is 0 Å². The smallest absolute Gasteiger partial charge is 0.343 e. The van der Waals surface area contributed by atoms with Gasteiger partial charge < -0.3 is 4.74 Å². The lowest BCUT2D eigenvalue weighted by atomic mass is 9.87. The van der Waals surface area contributed by atoms with Crippen LogP contribution in [0, 0.1) is 5.82 Å². The van der Waals surface area contributed by atoms with Gasteiger partial charge in [0.25, 0.3) is 0 Å². The van der Waals surface area contributed by atoms with Crippen molar-refractivity contribution in [1.82, 2.24) is 4.72 Å². The molecule has 1 aromatic carbocycles. The highest BCUT2D eigenvalue weighted by atomic mass is 32.2. The van der Waals surface area contributed by atoms with Crippen molar-refractivity contribution >= 4 is 17.0 Å². The van der Waals surface area contributed by atoms with Crippen LogP contribution in [0.1, 0.15) is 33.3 Å². The average molecular weight is 365 g/mol. The van der Waals surface area contributed by atoms with E-state index >= 15 is 0 Å². The third-order valence-electron chi connectivity index (χ3n) is 3.32. The van der Waals surface area contributed by atoms with E-state index in [0.717, 1.165) is 12.1 Å². The number of benzene rings is 1. The van der Waals surface area contributed by atoms with Crippen LogP contribution >= 0.6 is 0 Å². The molecule has 0 aliphatic carbocycles. The van der Waals surface area contributed by atoms with Gasteiger partial charge in [0, 0.05) is 5.56 Å². The molecule has 0 saturated carbocycles. The number of carbonyl (C=O) groups excluding carboxylic acids is 1. The standard InChI is InChI=1S/C16H22F3NO3S/c1-5-23-14(21)13(19)16(10-17,20-24(22)15(2,3)4)11-8-6-7-9-12(11)18/h6-9,13,20H,5,10H2,1-4H3/t13-,16-,24+/m1/s1. The molecule has 136 valence electrons. The van der Waals surface area contributed by atoms with Gasteiger partial charge in [0.15, 0.2) is 0 Å². The summed E-state index contributed by atoms with van der Waals surface area (Å²) in [5.41, 5.74) is -2.87. The van der Waals surface area contributed by atoms with Crippen LogP contribution in [0.3, 0.4) is 0 Å². The highest BCUT2D eigenvalue weighted by molar-refractivity contribution is 7.84. The summed E-state index contributed by atoms with van der Waals surface area (Å²) in [5.74, 6) is -2.27. The van der Waals surface area contributed by atoms with Crippen molar-refractivity contribution in [2.75, 3.05) is 13.3 Å². The topological polar surface area (TPSA) is 55.4 Å². The normalized spacial score (nSPS) is 17.0. The largest absolute Gasteiger partial charge is 0.464 e. The second-order valence-corrected chi connectivity index (χ2v) is 8.15. The molecule has 4 nitrogen and oxygen atoms in total. The lowest BCUT2D eigenvalue weighted by Crippen LogP contribution is -2.58. The number of rotatable bonds is 7. The summed E-state index contributed by atoms with van der Waals surface area (Å²) in [6, 6.07) is 4.88. The van der Waals surface area contributed by atoms with Crippen molar-refractivity contribution in [3.8, 4) is 0 Å². The first-order valence-corrected chi connectivity index (χ1v) is 8.56. The van der Waals surface area contributed by atoms with Crippen LogP contribution in [0.2, 0.25) is 0 Å². The first-order chi connectivity index (χ1) is 11.1. The Hall–Kier alpha value is -1.41. The van der Waals surface area contributed by atoms with Crippen molar-refractivity contribution in [2.45, 2.75) is 44.2 Å². The number of ether oxygens (including phenoxy) is 1. The quantitative estimate of drug-likeness (QED) is 0.756. The predicted molar refractivity (Wildman–Crippen MR) is 86.6 cm³/mol. The highest BCUT2D eigenvalue weighted by Gasteiger charge is 2.50. The van der Waals surface area contributed by atoms with E-state index in [0.29, 0.717) is 0 Å². The maximum Gasteiger partial charge on any atom is 0.343 e. The summed E-state index contributed by atoms with van der Waals surface area (Å²) in [7, 11) is -1.96. The van der Waals surface area contributed by atoms with E-state index in [1.165, 1.54) is 19.1 Å². The molecule has 0 spiro atoms. The zero-order valence-corrected chi connectivity index (χ0v) is 14.9. The second kappa shape index (κ2) is 8.11. The number of hydrogen-bond donors (Lipinski definition) is 1. The van der Waals surface area contributed by atoms with Crippen molar-refractivity contribution in [1.29, 1.82) is 0 Å². The van der Waals surface area contributed by atoms with Gasteiger partial charge in [0.1, 0.15) is 18.0 Å². The van der Waals surface area contributed by atoms with Gasteiger partial charge in [-0.25, -0.2) is 26.9 Å². The molecule has 0 aliphatic heterocycles. The molecular formula is C16H22F3NO3S. The fraction of sp³-hybridized carbons (Fsp3) is 0.562. The van der Waals surface area contributed by atoms with Crippen molar-refractivity contribution in [3.63, 3.8) is 0 Å². The molecule has 0 aliphatic rings. The molecule has 0 heterocycles. The summed E-state index contributed by atoms with van der Waals surface area (Å²) >= 11 is 0. The van der Waals surface area contributed by atoms with Gasteiger partial charge in [-0.15, -0.1) is 0 Å². The van der Waals surface area contributed by atoms with Gasteiger partial charge >= 0.3 is 5.97 Å². The monoisotopic (exact) mass is 365 g/mol. The summed E-state index contributed by atoms with van der Waals surface area (Å²) in [6.07, 6.45) is -2.58. The molecule has 0 unspecified atom stereocenters. The van der Waals surface area contributed by atoms with Crippen LogP contribution in [-0.2, 0) is 26.1 Å². The van der Waals surface area contributed by atoms with Crippen molar-refractivity contribution in [2.24, 2.45) is 0 Å². The number of nitrogens with one attached hydrogen (secondary N) is 1. The number of halogens is 3. The SMILES string of the molecule is CCOC(=O)[C@@H](F)[C@](CF)(N[S@@](=O)C(C)(C)C)c1ccccc1F. The van der Waals surface area contributed by atoms with E-state index in [4.69, 9.17) is 0 Å². The Morgan fingerprint density at radius 3 is 2.38 bits per heavy atom. The lowest BCUT2D eigenvalue weighted by Gasteiger charge is -2.36. The van der Waals surface area contributed by atoms with E-state index < -0.39 is 51.5 Å². The summed E-state index contributed by atoms with van der Waals surface area (Å²) < 4.78 is 61.4. The third-order valence-corrected chi connectivity index (χ3v) is 4.98. The van der Waals surface area contributed by atoms with Crippen LogP contribution in [0.15, 0.2) is 24.3 Å². The predicted octanol–water partition coefficient (Wildman–Crippen LogP) is 2.94. The number of esters is 1. The molecular weight excluding hydrogens is 343 g/mol. The number of hydrogen-bond acceptors (Lipinski definition) is 3. The third kappa shape index (κ3) is 4.36. The zero-order chi connectivity index (χ0) is 18.5. The molecule has 24 heavy (non-hydrogen) atoms.